The molecular weight excluding hydrogens is 336 g/mol. The van der Waals surface area contributed by atoms with E-state index in [9.17, 15) is 4.79 Å². The fourth-order valence-electron chi connectivity index (χ4n) is 3.55. The smallest absolute Gasteiger partial charge is 0.255 e. The topological polar surface area (TPSA) is 61.0 Å². The Labute approximate surface area is 158 Å². The van der Waals surface area contributed by atoms with Crippen molar-refractivity contribution in [1.29, 1.82) is 0 Å². The summed E-state index contributed by atoms with van der Waals surface area (Å²) in [6, 6.07) is 13.3. The van der Waals surface area contributed by atoms with Crippen molar-refractivity contribution < 1.29 is 4.79 Å². The molecule has 3 aromatic rings. The summed E-state index contributed by atoms with van der Waals surface area (Å²) < 4.78 is 0. The van der Waals surface area contributed by atoms with E-state index in [1.54, 1.807) is 24.3 Å². The number of hydrogen-bond donors (Lipinski definition) is 2. The average molecular weight is 358 g/mol. The first-order chi connectivity index (χ1) is 13.1. The van der Waals surface area contributed by atoms with Crippen LogP contribution < -0.4 is 5.32 Å². The molecule has 0 unspecified atom stereocenters. The Kier molecular flexibility index (Phi) is 4.66. The van der Waals surface area contributed by atoms with Crippen LogP contribution in [-0.2, 0) is 6.54 Å². The van der Waals surface area contributed by atoms with Gasteiger partial charge in [0.1, 0.15) is 5.82 Å². The molecule has 0 spiro atoms. The number of anilines is 1. The van der Waals surface area contributed by atoms with Crippen molar-refractivity contribution >= 4 is 22.6 Å². The number of nitrogens with one attached hydrogen (secondary N) is 2. The van der Waals surface area contributed by atoms with Crippen LogP contribution in [-0.4, -0.2) is 33.4 Å². The van der Waals surface area contributed by atoms with Crippen LogP contribution in [0.15, 0.2) is 42.5 Å². The number of H-pyrrole nitrogens is 1. The zero-order valence-corrected chi connectivity index (χ0v) is 15.3. The fraction of sp³-hybridized carbons (Fsp3) is 0.273. The van der Waals surface area contributed by atoms with E-state index in [-0.39, 0.29) is 5.91 Å². The first-order valence-corrected chi connectivity index (χ1v) is 9.23. The molecule has 4 rings (SSSR count). The molecule has 0 aliphatic carbocycles. The number of carbonyl (C=O) groups is 1. The van der Waals surface area contributed by atoms with Gasteiger partial charge in [-0.2, -0.15) is 0 Å². The molecule has 1 aliphatic rings. The van der Waals surface area contributed by atoms with Crippen LogP contribution in [0.1, 0.15) is 41.5 Å². The molecule has 0 saturated carbocycles. The maximum Gasteiger partial charge on any atom is 0.255 e. The molecule has 1 atom stereocenters. The number of rotatable bonds is 4. The Hall–Kier alpha value is -3.10. The molecule has 1 amide bonds. The number of aromatic nitrogens is 2. The molecule has 1 aliphatic heterocycles. The van der Waals surface area contributed by atoms with E-state index >= 15 is 0 Å². The highest BCUT2D eigenvalue weighted by atomic mass is 16.1. The minimum atomic E-state index is -0.167. The highest BCUT2D eigenvalue weighted by Gasteiger charge is 2.21. The number of fused-ring (bicyclic) bond motifs is 1. The van der Waals surface area contributed by atoms with Gasteiger partial charge in [0.15, 0.2) is 0 Å². The molecule has 1 fully saturated rings. The molecule has 136 valence electrons. The van der Waals surface area contributed by atoms with E-state index in [0.29, 0.717) is 11.6 Å². The molecule has 27 heavy (non-hydrogen) atoms. The Morgan fingerprint density at radius 2 is 2.15 bits per heavy atom. The zero-order valence-electron chi connectivity index (χ0n) is 15.3. The Bertz CT molecular complexity index is 1010. The van der Waals surface area contributed by atoms with E-state index < -0.39 is 0 Å². The Morgan fingerprint density at radius 1 is 1.33 bits per heavy atom. The average Bonchev–Trinajstić information content (AvgIpc) is 3.27. The predicted octanol–water partition coefficient (Wildman–Crippen LogP) is 3.78. The van der Waals surface area contributed by atoms with Gasteiger partial charge in [0, 0.05) is 22.9 Å². The number of nitrogens with zero attached hydrogens (tertiary/aromatic N) is 2. The number of aromatic amines is 1. The third-order valence-corrected chi connectivity index (χ3v) is 5.15. The van der Waals surface area contributed by atoms with Gasteiger partial charge >= 0.3 is 0 Å². The molecule has 5 heteroatoms. The van der Waals surface area contributed by atoms with Crippen molar-refractivity contribution in [3.8, 4) is 12.3 Å². The fourth-order valence-corrected chi connectivity index (χ4v) is 3.55. The maximum atomic E-state index is 12.4. The van der Waals surface area contributed by atoms with Crippen LogP contribution in [0.25, 0.3) is 11.0 Å². The quantitative estimate of drug-likeness (QED) is 0.698. The molecule has 0 radical (unpaired) electrons. The highest BCUT2D eigenvalue weighted by molar-refractivity contribution is 6.05. The van der Waals surface area contributed by atoms with E-state index in [2.05, 4.69) is 28.0 Å². The summed E-state index contributed by atoms with van der Waals surface area (Å²) in [5, 5.41) is 2.92. The zero-order chi connectivity index (χ0) is 18.8. The SMILES string of the molecule is C#Cc1ccc(C(=O)Nc2ccc3[nH]c(CN4CCC[C@@H]4C)nc3c2)cc1. The molecule has 5 nitrogen and oxygen atoms in total. The summed E-state index contributed by atoms with van der Waals surface area (Å²) in [6.07, 6.45) is 7.85. The lowest BCUT2D eigenvalue weighted by Crippen LogP contribution is -2.26. The third-order valence-electron chi connectivity index (χ3n) is 5.15. The number of imidazole rings is 1. The van der Waals surface area contributed by atoms with Gasteiger partial charge in [0.05, 0.1) is 17.6 Å². The predicted molar refractivity (Wildman–Crippen MR) is 108 cm³/mol. The minimum absolute atomic E-state index is 0.167. The third kappa shape index (κ3) is 3.71. The number of amides is 1. The van der Waals surface area contributed by atoms with Crippen LogP contribution in [0.4, 0.5) is 5.69 Å². The summed E-state index contributed by atoms with van der Waals surface area (Å²) in [4.78, 5) is 23.0. The summed E-state index contributed by atoms with van der Waals surface area (Å²) in [5.74, 6) is 3.34. The van der Waals surface area contributed by atoms with E-state index in [4.69, 9.17) is 11.4 Å². The molecule has 1 saturated heterocycles. The first kappa shape index (κ1) is 17.3. The van der Waals surface area contributed by atoms with Gasteiger partial charge in [-0.25, -0.2) is 4.98 Å². The number of terminal acetylenes is 1. The number of likely N-dealkylation sites (tertiary alicyclic amines) is 1. The van der Waals surface area contributed by atoms with E-state index in [0.717, 1.165) is 41.2 Å². The molecule has 1 aromatic heterocycles. The van der Waals surface area contributed by atoms with Crippen LogP contribution in [0.3, 0.4) is 0 Å². The Balaban J connectivity index is 1.49. The van der Waals surface area contributed by atoms with Gasteiger partial charge in [-0.15, -0.1) is 6.42 Å². The summed E-state index contributed by atoms with van der Waals surface area (Å²) in [7, 11) is 0. The van der Waals surface area contributed by atoms with Crippen molar-refractivity contribution in [1.82, 2.24) is 14.9 Å². The van der Waals surface area contributed by atoms with Crippen molar-refractivity contribution in [2.24, 2.45) is 0 Å². The second-order valence-corrected chi connectivity index (χ2v) is 7.05. The van der Waals surface area contributed by atoms with Gasteiger partial charge in [0.2, 0.25) is 0 Å². The number of benzene rings is 2. The van der Waals surface area contributed by atoms with Crippen molar-refractivity contribution in [3.63, 3.8) is 0 Å². The summed E-state index contributed by atoms with van der Waals surface area (Å²) in [6.45, 7) is 4.22. The van der Waals surface area contributed by atoms with E-state index in [1.165, 1.54) is 12.8 Å². The minimum Gasteiger partial charge on any atom is -0.341 e. The standard InChI is InChI=1S/C22H22N4O/c1-3-16-6-8-17(9-7-16)22(27)23-18-10-11-19-20(13-18)25-21(24-19)14-26-12-4-5-15(26)2/h1,6-11,13,15H,4-5,12,14H2,2H3,(H,23,27)(H,24,25)/t15-/m0/s1. The maximum absolute atomic E-state index is 12.4. The molecule has 0 bridgehead atoms. The largest absolute Gasteiger partial charge is 0.341 e. The van der Waals surface area contributed by atoms with Crippen molar-refractivity contribution in [2.45, 2.75) is 32.4 Å². The summed E-state index contributed by atoms with van der Waals surface area (Å²) >= 11 is 0. The van der Waals surface area contributed by atoms with Crippen molar-refractivity contribution in [2.75, 3.05) is 11.9 Å². The monoisotopic (exact) mass is 358 g/mol. The lowest BCUT2D eigenvalue weighted by atomic mass is 10.1. The van der Waals surface area contributed by atoms with Gasteiger partial charge in [-0.3, -0.25) is 9.69 Å². The second kappa shape index (κ2) is 7.26. The molecule has 2 N–H and O–H groups in total. The van der Waals surface area contributed by atoms with E-state index in [1.807, 2.05) is 18.2 Å². The second-order valence-electron chi connectivity index (χ2n) is 7.05. The number of hydrogen-bond acceptors (Lipinski definition) is 3. The lowest BCUT2D eigenvalue weighted by molar-refractivity contribution is 0.102. The molecule has 2 aromatic carbocycles. The lowest BCUT2D eigenvalue weighted by Gasteiger charge is -2.19. The van der Waals surface area contributed by atoms with Gasteiger partial charge in [-0.1, -0.05) is 5.92 Å². The van der Waals surface area contributed by atoms with Gasteiger partial charge in [0.25, 0.3) is 5.91 Å². The number of carbonyl (C=O) groups excluding carboxylic acids is 1. The molecule has 2 heterocycles. The van der Waals surface area contributed by atoms with Gasteiger partial charge < -0.3 is 10.3 Å². The van der Waals surface area contributed by atoms with Crippen LogP contribution in [0.2, 0.25) is 0 Å². The van der Waals surface area contributed by atoms with Crippen LogP contribution in [0, 0.1) is 12.3 Å². The molecular formula is C22H22N4O. The highest BCUT2D eigenvalue weighted by Crippen LogP contribution is 2.22. The van der Waals surface area contributed by atoms with Crippen LogP contribution in [0.5, 0.6) is 0 Å². The van der Waals surface area contributed by atoms with Gasteiger partial charge in [-0.05, 0) is 68.8 Å². The normalized spacial score (nSPS) is 17.1. The van der Waals surface area contributed by atoms with Crippen LogP contribution >= 0.6 is 0 Å². The summed E-state index contributed by atoms with van der Waals surface area (Å²) in [5.41, 5.74) is 3.89. The Morgan fingerprint density at radius 3 is 2.85 bits per heavy atom. The first-order valence-electron chi connectivity index (χ1n) is 9.23. The van der Waals surface area contributed by atoms with Crippen molar-refractivity contribution in [3.05, 3.63) is 59.4 Å².